The van der Waals surface area contributed by atoms with Crippen LogP contribution in [0.2, 0.25) is 0 Å². The van der Waals surface area contributed by atoms with Gasteiger partial charge in [0.1, 0.15) is 28.9 Å². The zero-order valence-electron chi connectivity index (χ0n) is 16.5. The zero-order chi connectivity index (χ0) is 21.6. The number of nitriles is 1. The molecule has 0 fully saturated rings. The second-order valence-corrected chi connectivity index (χ2v) is 8.52. The quantitative estimate of drug-likeness (QED) is 0.288. The van der Waals surface area contributed by atoms with Crippen LogP contribution in [0.15, 0.2) is 72.6 Å². The van der Waals surface area contributed by atoms with E-state index in [0.29, 0.717) is 23.2 Å². The minimum absolute atomic E-state index is 0.0547. The summed E-state index contributed by atoms with van der Waals surface area (Å²) >= 11 is 2.92. The molecule has 0 bridgehead atoms. The van der Waals surface area contributed by atoms with Crippen molar-refractivity contribution in [2.75, 3.05) is 6.61 Å². The summed E-state index contributed by atoms with van der Waals surface area (Å²) in [5, 5.41) is 12.6. The number of nitrogens with zero attached hydrogens (tertiary/aromatic N) is 2. The molecule has 156 valence electrons. The number of carbonyl (C=O) groups excluding carboxylic acids is 1. The fourth-order valence-corrected chi connectivity index (χ4v) is 4.70. The minimum atomic E-state index is -0.499. The molecule has 1 aromatic carbocycles. The Bertz CT molecular complexity index is 1270. The topological polar surface area (TPSA) is 101 Å². The molecule has 0 saturated carbocycles. The lowest BCUT2D eigenvalue weighted by atomic mass is 10.2. The van der Waals surface area contributed by atoms with E-state index in [1.165, 1.54) is 24.1 Å². The molecule has 3 heterocycles. The van der Waals surface area contributed by atoms with E-state index in [1.807, 2.05) is 31.2 Å². The van der Waals surface area contributed by atoms with Crippen LogP contribution in [0.25, 0.3) is 16.3 Å². The highest BCUT2D eigenvalue weighted by molar-refractivity contribution is 8.01. The van der Waals surface area contributed by atoms with E-state index in [2.05, 4.69) is 10.3 Å². The van der Waals surface area contributed by atoms with Gasteiger partial charge in [0.25, 0.3) is 5.91 Å². The lowest BCUT2D eigenvalue weighted by Gasteiger charge is -2.01. The van der Waals surface area contributed by atoms with Gasteiger partial charge in [-0.2, -0.15) is 5.26 Å². The Morgan fingerprint density at radius 1 is 1.35 bits per heavy atom. The number of ether oxygens (including phenoxy) is 1. The number of furan rings is 2. The summed E-state index contributed by atoms with van der Waals surface area (Å²) in [6, 6.07) is 14.7. The Morgan fingerprint density at radius 2 is 2.26 bits per heavy atom. The van der Waals surface area contributed by atoms with E-state index in [9.17, 15) is 10.1 Å². The smallest absolute Gasteiger partial charge is 0.262 e. The van der Waals surface area contributed by atoms with Crippen LogP contribution in [0.5, 0.6) is 5.75 Å². The van der Waals surface area contributed by atoms with Gasteiger partial charge >= 0.3 is 0 Å². The van der Waals surface area contributed by atoms with Crippen LogP contribution in [0.1, 0.15) is 18.4 Å². The van der Waals surface area contributed by atoms with E-state index >= 15 is 0 Å². The SMILES string of the molecule is CCOc1ccc2nc(Sc3ccc(/C=C(\C#N)C(=O)NCc4ccco4)o3)sc2c1. The molecule has 0 aliphatic carbocycles. The molecule has 3 aromatic heterocycles. The van der Waals surface area contributed by atoms with Crippen molar-refractivity contribution in [1.29, 1.82) is 5.26 Å². The lowest BCUT2D eigenvalue weighted by Crippen LogP contribution is -2.23. The maximum Gasteiger partial charge on any atom is 0.262 e. The Kier molecular flexibility index (Phi) is 6.40. The molecular formula is C22H17N3O4S2. The monoisotopic (exact) mass is 451 g/mol. The van der Waals surface area contributed by atoms with Gasteiger partial charge in [-0.1, -0.05) is 0 Å². The Hall–Kier alpha value is -3.48. The molecule has 7 nitrogen and oxygen atoms in total. The number of rotatable bonds is 8. The number of carbonyl (C=O) groups is 1. The van der Waals surface area contributed by atoms with Crippen molar-refractivity contribution in [3.63, 3.8) is 0 Å². The van der Waals surface area contributed by atoms with E-state index in [4.69, 9.17) is 13.6 Å². The van der Waals surface area contributed by atoms with Gasteiger partial charge in [0, 0.05) is 6.08 Å². The molecule has 0 radical (unpaired) electrons. The molecule has 1 amide bonds. The number of thiazole rings is 1. The molecule has 0 unspecified atom stereocenters. The largest absolute Gasteiger partial charge is 0.494 e. The molecule has 0 aliphatic heterocycles. The van der Waals surface area contributed by atoms with Crippen molar-refractivity contribution in [1.82, 2.24) is 10.3 Å². The Labute approximate surface area is 186 Å². The van der Waals surface area contributed by atoms with Gasteiger partial charge in [-0.3, -0.25) is 4.79 Å². The summed E-state index contributed by atoms with van der Waals surface area (Å²) in [5.74, 6) is 1.33. The number of fused-ring (bicyclic) bond motifs is 1. The van der Waals surface area contributed by atoms with Crippen LogP contribution in [0.4, 0.5) is 0 Å². The lowest BCUT2D eigenvalue weighted by molar-refractivity contribution is -0.117. The van der Waals surface area contributed by atoms with Gasteiger partial charge in [0.05, 0.1) is 29.6 Å². The Morgan fingerprint density at radius 3 is 3.03 bits per heavy atom. The van der Waals surface area contributed by atoms with Gasteiger partial charge in [-0.25, -0.2) is 4.98 Å². The normalized spacial score (nSPS) is 11.4. The first-order chi connectivity index (χ1) is 15.1. The van der Waals surface area contributed by atoms with Gasteiger partial charge in [0.15, 0.2) is 9.43 Å². The highest BCUT2D eigenvalue weighted by Gasteiger charge is 2.13. The maximum atomic E-state index is 12.2. The Balaban J connectivity index is 1.43. The van der Waals surface area contributed by atoms with Gasteiger partial charge in [-0.15, -0.1) is 11.3 Å². The molecule has 0 atom stereocenters. The third-order valence-electron chi connectivity index (χ3n) is 4.10. The summed E-state index contributed by atoms with van der Waals surface area (Å²) in [6.45, 7) is 2.76. The number of nitrogens with one attached hydrogen (secondary N) is 1. The summed E-state index contributed by atoms with van der Waals surface area (Å²) < 4.78 is 18.3. The number of benzene rings is 1. The number of amides is 1. The summed E-state index contributed by atoms with van der Waals surface area (Å²) in [5.41, 5.74) is 0.837. The fourth-order valence-electron chi connectivity index (χ4n) is 2.70. The maximum absolute atomic E-state index is 12.2. The fraction of sp³-hybridized carbons (Fsp3) is 0.136. The molecule has 0 saturated heterocycles. The van der Waals surface area contributed by atoms with Crippen LogP contribution in [-0.4, -0.2) is 17.5 Å². The minimum Gasteiger partial charge on any atom is -0.494 e. The third-order valence-corrected chi connectivity index (χ3v) is 6.10. The molecule has 1 N–H and O–H groups in total. The second-order valence-electron chi connectivity index (χ2n) is 6.23. The van der Waals surface area contributed by atoms with Crippen molar-refractivity contribution < 1.29 is 18.4 Å². The highest BCUT2D eigenvalue weighted by atomic mass is 32.2. The van der Waals surface area contributed by atoms with Gasteiger partial charge in [0.2, 0.25) is 0 Å². The van der Waals surface area contributed by atoms with Crippen molar-refractivity contribution in [2.45, 2.75) is 22.9 Å². The summed E-state index contributed by atoms with van der Waals surface area (Å²) in [4.78, 5) is 16.8. The first-order valence-corrected chi connectivity index (χ1v) is 11.0. The van der Waals surface area contributed by atoms with Gasteiger partial charge in [-0.05, 0) is 61.2 Å². The van der Waals surface area contributed by atoms with E-state index in [-0.39, 0.29) is 12.1 Å². The van der Waals surface area contributed by atoms with Crippen molar-refractivity contribution in [2.24, 2.45) is 0 Å². The van der Waals surface area contributed by atoms with E-state index < -0.39 is 5.91 Å². The third kappa shape index (κ3) is 5.17. The number of hydrogen-bond acceptors (Lipinski definition) is 8. The van der Waals surface area contributed by atoms with Crippen molar-refractivity contribution in [3.05, 3.63) is 65.8 Å². The van der Waals surface area contributed by atoms with Crippen LogP contribution in [0.3, 0.4) is 0 Å². The second kappa shape index (κ2) is 9.55. The predicted octanol–water partition coefficient (Wildman–Crippen LogP) is 5.26. The summed E-state index contributed by atoms with van der Waals surface area (Å²) in [6.07, 6.45) is 2.93. The van der Waals surface area contributed by atoms with Crippen LogP contribution in [0, 0.1) is 11.3 Å². The van der Waals surface area contributed by atoms with Crippen molar-refractivity contribution in [3.8, 4) is 11.8 Å². The average molecular weight is 452 g/mol. The highest BCUT2D eigenvalue weighted by Crippen LogP contribution is 2.36. The molecule has 9 heteroatoms. The van der Waals surface area contributed by atoms with Crippen molar-refractivity contribution >= 4 is 45.3 Å². The van der Waals surface area contributed by atoms with Crippen LogP contribution in [-0.2, 0) is 11.3 Å². The van der Waals surface area contributed by atoms with Gasteiger partial charge < -0.3 is 18.9 Å². The predicted molar refractivity (Wildman–Crippen MR) is 118 cm³/mol. The van der Waals surface area contributed by atoms with E-state index in [0.717, 1.165) is 20.3 Å². The summed E-state index contributed by atoms with van der Waals surface area (Å²) in [7, 11) is 0. The molecule has 0 spiro atoms. The number of aromatic nitrogens is 1. The molecule has 4 rings (SSSR count). The van der Waals surface area contributed by atoms with E-state index in [1.54, 1.807) is 35.6 Å². The average Bonchev–Trinajstić information content (AvgIpc) is 3.51. The molecule has 31 heavy (non-hydrogen) atoms. The van der Waals surface area contributed by atoms with Crippen LogP contribution < -0.4 is 10.1 Å². The molecular weight excluding hydrogens is 434 g/mol. The first-order valence-electron chi connectivity index (χ1n) is 9.38. The standard InChI is InChI=1S/C22H17N3O4S2/c1-2-27-15-5-7-18-19(11-15)30-22(25-18)31-20-8-6-16(29-20)10-14(12-23)21(26)24-13-17-4-3-9-28-17/h3-11H,2,13H2,1H3,(H,24,26)/b14-10+. The first kappa shape index (κ1) is 20.8. The molecule has 4 aromatic rings. The zero-order valence-corrected chi connectivity index (χ0v) is 18.1. The number of hydrogen-bond donors (Lipinski definition) is 1. The molecule has 0 aliphatic rings. The van der Waals surface area contributed by atoms with Crippen LogP contribution >= 0.6 is 23.1 Å².